The van der Waals surface area contributed by atoms with E-state index in [1.165, 1.54) is 5.56 Å². The van der Waals surface area contributed by atoms with Gasteiger partial charge in [0.1, 0.15) is 11.7 Å². The molecular formula is C23H22O2S. The number of epoxide rings is 1. The van der Waals surface area contributed by atoms with Crippen molar-refractivity contribution in [2.24, 2.45) is 0 Å². The highest BCUT2D eigenvalue weighted by Gasteiger charge is 2.55. The van der Waals surface area contributed by atoms with Gasteiger partial charge >= 0.3 is 0 Å². The van der Waals surface area contributed by atoms with Crippen molar-refractivity contribution in [3.8, 4) is 0 Å². The predicted molar refractivity (Wildman–Crippen MR) is 105 cm³/mol. The lowest BCUT2D eigenvalue weighted by molar-refractivity contribution is 0.313. The van der Waals surface area contributed by atoms with Gasteiger partial charge in [0.15, 0.2) is 0 Å². The van der Waals surface area contributed by atoms with E-state index in [1.807, 2.05) is 55.5 Å². The Hall–Kier alpha value is -2.23. The molecule has 0 aliphatic carbocycles. The maximum absolute atomic E-state index is 13.2. The molecular weight excluding hydrogens is 340 g/mol. The van der Waals surface area contributed by atoms with Gasteiger partial charge in [-0.3, -0.25) is 0 Å². The third kappa shape index (κ3) is 3.02. The second kappa shape index (κ2) is 6.49. The SMILES string of the molecule is Cc1ccc(S(=O)c2ccccc2[C@@H]2O[C@@]2(C)c2ccc(C)cc2)cc1. The second-order valence-corrected chi connectivity index (χ2v) is 8.54. The van der Waals surface area contributed by atoms with Gasteiger partial charge in [-0.05, 0) is 44.5 Å². The number of hydrogen-bond acceptors (Lipinski definition) is 2. The van der Waals surface area contributed by atoms with Gasteiger partial charge in [0, 0.05) is 15.4 Å². The summed E-state index contributed by atoms with van der Waals surface area (Å²) in [6, 6.07) is 24.2. The van der Waals surface area contributed by atoms with E-state index in [0.29, 0.717) is 0 Å². The van der Waals surface area contributed by atoms with Crippen LogP contribution in [0.1, 0.15) is 35.3 Å². The van der Waals surface area contributed by atoms with Crippen LogP contribution < -0.4 is 0 Å². The number of aryl methyl sites for hydroxylation is 2. The molecule has 0 spiro atoms. The molecule has 1 unspecified atom stereocenters. The first-order chi connectivity index (χ1) is 12.5. The van der Waals surface area contributed by atoms with Crippen LogP contribution >= 0.6 is 0 Å². The van der Waals surface area contributed by atoms with Crippen LogP contribution in [0.25, 0.3) is 0 Å². The fourth-order valence-corrected chi connectivity index (χ4v) is 4.56. The summed E-state index contributed by atoms with van der Waals surface area (Å²) in [6.45, 7) is 6.22. The zero-order chi connectivity index (χ0) is 18.3. The zero-order valence-corrected chi connectivity index (χ0v) is 16.0. The highest BCUT2D eigenvalue weighted by molar-refractivity contribution is 7.85. The number of hydrogen-bond donors (Lipinski definition) is 0. The van der Waals surface area contributed by atoms with Crippen molar-refractivity contribution in [1.82, 2.24) is 0 Å². The van der Waals surface area contributed by atoms with Gasteiger partial charge in [-0.1, -0.05) is 65.7 Å². The quantitative estimate of drug-likeness (QED) is 0.577. The fraction of sp³-hybridized carbons (Fsp3) is 0.217. The first kappa shape index (κ1) is 17.2. The molecule has 3 aromatic rings. The van der Waals surface area contributed by atoms with Crippen molar-refractivity contribution < 1.29 is 8.95 Å². The Morgan fingerprint density at radius 3 is 2.08 bits per heavy atom. The molecule has 3 heteroatoms. The van der Waals surface area contributed by atoms with Crippen LogP contribution in [-0.2, 0) is 21.1 Å². The Bertz CT molecular complexity index is 960. The van der Waals surface area contributed by atoms with Crippen molar-refractivity contribution in [3.05, 3.63) is 95.1 Å². The van der Waals surface area contributed by atoms with Crippen LogP contribution in [0.4, 0.5) is 0 Å². The molecule has 0 amide bonds. The van der Waals surface area contributed by atoms with Gasteiger partial charge in [-0.25, -0.2) is 4.21 Å². The normalized spacial score (nSPS) is 22.8. The molecule has 0 N–H and O–H groups in total. The Labute approximate surface area is 157 Å². The second-order valence-electron chi connectivity index (χ2n) is 7.09. The highest BCUT2D eigenvalue weighted by atomic mass is 32.2. The average Bonchev–Trinajstić information content (AvgIpc) is 3.35. The highest BCUT2D eigenvalue weighted by Crippen LogP contribution is 2.57. The van der Waals surface area contributed by atoms with Gasteiger partial charge in [-0.15, -0.1) is 0 Å². The van der Waals surface area contributed by atoms with Gasteiger partial charge in [0.05, 0.1) is 10.8 Å². The standard InChI is InChI=1S/C23H22O2S/c1-16-8-12-18(13-9-16)23(3)22(25-23)20-6-4-5-7-21(20)26(24)19-14-10-17(2)11-15-19/h4-15,22H,1-3H3/t22-,23-,26?/m0/s1. The molecule has 2 nitrogen and oxygen atoms in total. The molecule has 3 atom stereocenters. The van der Waals surface area contributed by atoms with Crippen LogP contribution in [0.15, 0.2) is 82.6 Å². The molecule has 1 aliphatic rings. The maximum atomic E-state index is 13.2. The van der Waals surface area contributed by atoms with E-state index in [0.717, 1.165) is 26.5 Å². The van der Waals surface area contributed by atoms with E-state index >= 15 is 0 Å². The first-order valence-corrected chi connectivity index (χ1v) is 9.96. The van der Waals surface area contributed by atoms with Gasteiger partial charge in [0.2, 0.25) is 0 Å². The molecule has 26 heavy (non-hydrogen) atoms. The third-order valence-corrected chi connectivity index (χ3v) is 6.54. The van der Waals surface area contributed by atoms with E-state index in [4.69, 9.17) is 4.74 Å². The van der Waals surface area contributed by atoms with Crippen molar-refractivity contribution in [3.63, 3.8) is 0 Å². The van der Waals surface area contributed by atoms with E-state index < -0.39 is 10.8 Å². The molecule has 0 saturated carbocycles. The van der Waals surface area contributed by atoms with Crippen molar-refractivity contribution >= 4 is 10.8 Å². The summed E-state index contributed by atoms with van der Waals surface area (Å²) < 4.78 is 19.3. The third-order valence-electron chi connectivity index (χ3n) is 5.07. The van der Waals surface area contributed by atoms with E-state index in [-0.39, 0.29) is 11.7 Å². The summed E-state index contributed by atoms with van der Waals surface area (Å²) >= 11 is 0. The number of ether oxygens (including phenoxy) is 1. The van der Waals surface area contributed by atoms with Crippen LogP contribution in [0.5, 0.6) is 0 Å². The lowest BCUT2D eigenvalue weighted by atomic mass is 9.93. The van der Waals surface area contributed by atoms with E-state index in [1.54, 1.807) is 0 Å². The van der Waals surface area contributed by atoms with Crippen LogP contribution in [-0.4, -0.2) is 4.21 Å². The summed E-state index contributed by atoms with van der Waals surface area (Å²) in [6.07, 6.45) is -0.0733. The Kier molecular flexibility index (Phi) is 4.29. The summed E-state index contributed by atoms with van der Waals surface area (Å²) in [4.78, 5) is 1.65. The minimum Gasteiger partial charge on any atom is -0.356 e. The molecule has 4 rings (SSSR count). The fourth-order valence-electron chi connectivity index (χ4n) is 3.33. The molecule has 0 bridgehead atoms. The van der Waals surface area contributed by atoms with Gasteiger partial charge < -0.3 is 4.74 Å². The van der Waals surface area contributed by atoms with Gasteiger partial charge in [-0.2, -0.15) is 0 Å². The maximum Gasteiger partial charge on any atom is 0.122 e. The van der Waals surface area contributed by atoms with Crippen LogP contribution in [0.3, 0.4) is 0 Å². The first-order valence-electron chi connectivity index (χ1n) is 8.81. The average molecular weight is 362 g/mol. The summed E-state index contributed by atoms with van der Waals surface area (Å²) in [5.74, 6) is 0. The van der Waals surface area contributed by atoms with Crippen molar-refractivity contribution in [2.75, 3.05) is 0 Å². The summed E-state index contributed by atoms with van der Waals surface area (Å²) in [7, 11) is -1.22. The van der Waals surface area contributed by atoms with Crippen LogP contribution in [0.2, 0.25) is 0 Å². The minimum absolute atomic E-state index is 0.0733. The zero-order valence-electron chi connectivity index (χ0n) is 15.2. The Morgan fingerprint density at radius 2 is 1.42 bits per heavy atom. The molecule has 3 aromatic carbocycles. The predicted octanol–water partition coefficient (Wildman–Crippen LogP) is 5.46. The lowest BCUT2D eigenvalue weighted by Gasteiger charge is -2.11. The summed E-state index contributed by atoms with van der Waals surface area (Å²) in [5, 5.41) is 0. The monoisotopic (exact) mass is 362 g/mol. The number of rotatable bonds is 4. The largest absolute Gasteiger partial charge is 0.356 e. The molecule has 0 aromatic heterocycles. The van der Waals surface area contributed by atoms with Crippen molar-refractivity contribution in [1.29, 1.82) is 0 Å². The molecule has 0 radical (unpaired) electrons. The molecule has 1 fully saturated rings. The van der Waals surface area contributed by atoms with E-state index in [2.05, 4.69) is 38.1 Å². The molecule has 1 saturated heterocycles. The smallest absolute Gasteiger partial charge is 0.122 e. The minimum atomic E-state index is -1.22. The molecule has 1 heterocycles. The number of benzene rings is 3. The van der Waals surface area contributed by atoms with Crippen LogP contribution in [0, 0.1) is 13.8 Å². The Morgan fingerprint density at radius 1 is 0.846 bits per heavy atom. The van der Waals surface area contributed by atoms with E-state index in [9.17, 15) is 4.21 Å². The Balaban J connectivity index is 1.68. The topological polar surface area (TPSA) is 29.6 Å². The molecule has 132 valence electrons. The van der Waals surface area contributed by atoms with Crippen molar-refractivity contribution in [2.45, 2.75) is 42.3 Å². The molecule has 1 aliphatic heterocycles. The summed E-state index contributed by atoms with van der Waals surface area (Å²) in [5.41, 5.74) is 4.20. The lowest BCUT2D eigenvalue weighted by Crippen LogP contribution is -2.06. The van der Waals surface area contributed by atoms with Gasteiger partial charge in [0.25, 0.3) is 0 Å².